The van der Waals surface area contributed by atoms with Crippen molar-refractivity contribution < 1.29 is 0 Å². The summed E-state index contributed by atoms with van der Waals surface area (Å²) in [4.78, 5) is 1.32. The van der Waals surface area contributed by atoms with E-state index in [1.807, 2.05) is 11.8 Å². The maximum Gasteiger partial charge on any atom is 0.0667 e. The van der Waals surface area contributed by atoms with Crippen molar-refractivity contribution in [3.8, 4) is 6.07 Å². The Labute approximate surface area is 134 Å². The van der Waals surface area contributed by atoms with Gasteiger partial charge in [-0.25, -0.2) is 0 Å². The zero-order valence-corrected chi connectivity index (χ0v) is 14.5. The monoisotopic (exact) mass is 301 g/mol. The molecule has 1 aliphatic rings. The fourth-order valence-electron chi connectivity index (χ4n) is 3.27. The van der Waals surface area contributed by atoms with Gasteiger partial charge in [-0.15, -0.1) is 11.8 Å². The van der Waals surface area contributed by atoms with Crippen LogP contribution in [0.5, 0.6) is 0 Å². The zero-order chi connectivity index (χ0) is 15.5. The quantitative estimate of drug-likeness (QED) is 0.698. The van der Waals surface area contributed by atoms with Gasteiger partial charge in [0, 0.05) is 10.1 Å². The van der Waals surface area contributed by atoms with Gasteiger partial charge in [0.2, 0.25) is 0 Å². The average molecular weight is 301 g/mol. The van der Waals surface area contributed by atoms with Gasteiger partial charge in [0.25, 0.3) is 0 Å². The smallest absolute Gasteiger partial charge is 0.0667 e. The Morgan fingerprint density at radius 2 is 2.10 bits per heavy atom. The van der Waals surface area contributed by atoms with E-state index in [2.05, 4.69) is 58.0 Å². The van der Waals surface area contributed by atoms with Gasteiger partial charge in [-0.3, -0.25) is 0 Å². The van der Waals surface area contributed by atoms with Crippen molar-refractivity contribution in [2.75, 3.05) is 0 Å². The predicted octanol–water partition coefficient (Wildman–Crippen LogP) is 5.83. The molecule has 1 aromatic carbocycles. The lowest BCUT2D eigenvalue weighted by Gasteiger charge is -2.41. The first kappa shape index (κ1) is 16.4. The molecular formula is C19H27NS. The first-order valence-corrected chi connectivity index (χ1v) is 8.97. The van der Waals surface area contributed by atoms with Crippen molar-refractivity contribution >= 4 is 11.8 Å². The van der Waals surface area contributed by atoms with E-state index in [9.17, 15) is 5.26 Å². The third-order valence-electron chi connectivity index (χ3n) is 5.25. The molecule has 0 saturated heterocycles. The SMILES string of the molecule is CCC(C)(C)C1CCC(C#N)C(Sc2cccc(C)c2)C1. The highest BCUT2D eigenvalue weighted by atomic mass is 32.2. The lowest BCUT2D eigenvalue weighted by molar-refractivity contribution is 0.144. The summed E-state index contributed by atoms with van der Waals surface area (Å²) >= 11 is 1.92. The largest absolute Gasteiger partial charge is 0.198 e. The first-order chi connectivity index (χ1) is 9.96. The second kappa shape index (κ2) is 6.88. The van der Waals surface area contributed by atoms with E-state index in [1.54, 1.807) is 0 Å². The molecule has 0 spiro atoms. The Morgan fingerprint density at radius 1 is 1.33 bits per heavy atom. The van der Waals surface area contributed by atoms with Crippen molar-refractivity contribution in [2.45, 2.75) is 63.5 Å². The molecule has 1 aromatic rings. The lowest BCUT2D eigenvalue weighted by Crippen LogP contribution is -2.34. The maximum absolute atomic E-state index is 9.48. The van der Waals surface area contributed by atoms with E-state index < -0.39 is 0 Å². The van der Waals surface area contributed by atoms with E-state index >= 15 is 0 Å². The molecule has 21 heavy (non-hydrogen) atoms. The van der Waals surface area contributed by atoms with Crippen LogP contribution in [0.3, 0.4) is 0 Å². The van der Waals surface area contributed by atoms with Crippen LogP contribution >= 0.6 is 11.8 Å². The van der Waals surface area contributed by atoms with Crippen LogP contribution in [0.2, 0.25) is 0 Å². The summed E-state index contributed by atoms with van der Waals surface area (Å²) in [7, 11) is 0. The lowest BCUT2D eigenvalue weighted by atomic mass is 9.67. The highest BCUT2D eigenvalue weighted by Crippen LogP contribution is 2.46. The molecule has 1 saturated carbocycles. The molecule has 3 atom stereocenters. The van der Waals surface area contributed by atoms with Crippen LogP contribution in [0.25, 0.3) is 0 Å². The molecule has 0 N–H and O–H groups in total. The second-order valence-electron chi connectivity index (χ2n) is 7.06. The summed E-state index contributed by atoms with van der Waals surface area (Å²) in [5, 5.41) is 9.92. The summed E-state index contributed by atoms with van der Waals surface area (Å²) in [6, 6.07) is 11.2. The minimum atomic E-state index is 0.208. The van der Waals surface area contributed by atoms with E-state index in [0.717, 1.165) is 12.3 Å². The van der Waals surface area contributed by atoms with Crippen LogP contribution in [-0.2, 0) is 0 Å². The third kappa shape index (κ3) is 4.04. The van der Waals surface area contributed by atoms with Crippen molar-refractivity contribution in [3.63, 3.8) is 0 Å². The molecule has 0 heterocycles. The molecule has 0 bridgehead atoms. The number of benzene rings is 1. The zero-order valence-electron chi connectivity index (χ0n) is 13.7. The summed E-state index contributed by atoms with van der Waals surface area (Å²) in [5.74, 6) is 0.953. The minimum Gasteiger partial charge on any atom is -0.198 e. The van der Waals surface area contributed by atoms with Gasteiger partial charge in [0.1, 0.15) is 0 Å². The van der Waals surface area contributed by atoms with Gasteiger partial charge in [-0.1, -0.05) is 44.9 Å². The fourth-order valence-corrected chi connectivity index (χ4v) is 4.72. The third-order valence-corrected chi connectivity index (χ3v) is 6.60. The standard InChI is InChI=1S/C19H27NS/c1-5-19(3,4)16-10-9-15(13-20)18(12-16)21-17-8-6-7-14(2)11-17/h6-8,11,15-16,18H,5,9-10,12H2,1-4H3. The Kier molecular flexibility index (Phi) is 5.38. The predicted molar refractivity (Wildman–Crippen MR) is 91.3 cm³/mol. The maximum atomic E-state index is 9.48. The number of nitrogens with zero attached hydrogens (tertiary/aromatic N) is 1. The van der Waals surface area contributed by atoms with Gasteiger partial charge in [-0.2, -0.15) is 5.26 Å². The number of aryl methyl sites for hydroxylation is 1. The van der Waals surface area contributed by atoms with Crippen molar-refractivity contribution in [1.29, 1.82) is 5.26 Å². The van der Waals surface area contributed by atoms with Gasteiger partial charge >= 0.3 is 0 Å². The van der Waals surface area contributed by atoms with Gasteiger partial charge in [0.05, 0.1) is 12.0 Å². The second-order valence-corrected chi connectivity index (χ2v) is 8.37. The summed E-state index contributed by atoms with van der Waals surface area (Å²) in [5.41, 5.74) is 1.70. The Balaban J connectivity index is 2.12. The number of rotatable bonds is 4. The van der Waals surface area contributed by atoms with E-state index in [1.165, 1.54) is 29.7 Å². The molecule has 1 aliphatic carbocycles. The van der Waals surface area contributed by atoms with Crippen LogP contribution in [0.1, 0.15) is 52.0 Å². The van der Waals surface area contributed by atoms with E-state index in [0.29, 0.717) is 10.7 Å². The number of hydrogen-bond acceptors (Lipinski definition) is 2. The summed E-state index contributed by atoms with van der Waals surface area (Å²) in [6.45, 7) is 9.20. The number of thioether (sulfide) groups is 1. The summed E-state index contributed by atoms with van der Waals surface area (Å²) in [6.07, 6.45) is 4.67. The highest BCUT2D eigenvalue weighted by molar-refractivity contribution is 8.00. The molecule has 3 unspecified atom stereocenters. The van der Waals surface area contributed by atoms with E-state index in [-0.39, 0.29) is 5.92 Å². The first-order valence-electron chi connectivity index (χ1n) is 8.09. The molecule has 0 aliphatic heterocycles. The normalized spacial score (nSPS) is 26.3. The molecule has 2 rings (SSSR count). The molecule has 114 valence electrons. The summed E-state index contributed by atoms with van der Waals surface area (Å²) < 4.78 is 0. The van der Waals surface area contributed by atoms with Crippen LogP contribution in [-0.4, -0.2) is 5.25 Å². The van der Waals surface area contributed by atoms with Crippen molar-refractivity contribution in [3.05, 3.63) is 29.8 Å². The van der Waals surface area contributed by atoms with Crippen LogP contribution in [0.15, 0.2) is 29.2 Å². The molecule has 1 fully saturated rings. The molecule has 1 nitrogen and oxygen atoms in total. The van der Waals surface area contributed by atoms with Gasteiger partial charge in [-0.05, 0) is 49.7 Å². The average Bonchev–Trinajstić information content (AvgIpc) is 2.47. The van der Waals surface area contributed by atoms with Crippen LogP contribution in [0.4, 0.5) is 0 Å². The molecule has 0 aromatic heterocycles. The highest BCUT2D eigenvalue weighted by Gasteiger charge is 2.37. The number of hydrogen-bond donors (Lipinski definition) is 0. The minimum absolute atomic E-state index is 0.208. The number of nitriles is 1. The Bertz CT molecular complexity index is 515. The Morgan fingerprint density at radius 3 is 2.71 bits per heavy atom. The van der Waals surface area contributed by atoms with E-state index in [4.69, 9.17) is 0 Å². The van der Waals surface area contributed by atoms with Crippen molar-refractivity contribution in [1.82, 2.24) is 0 Å². The molecular weight excluding hydrogens is 274 g/mol. The van der Waals surface area contributed by atoms with Gasteiger partial charge < -0.3 is 0 Å². The topological polar surface area (TPSA) is 23.8 Å². The van der Waals surface area contributed by atoms with Gasteiger partial charge in [0.15, 0.2) is 0 Å². The van der Waals surface area contributed by atoms with Crippen LogP contribution < -0.4 is 0 Å². The molecule has 0 radical (unpaired) electrons. The molecule has 2 heteroatoms. The van der Waals surface area contributed by atoms with Crippen molar-refractivity contribution in [2.24, 2.45) is 17.3 Å². The molecule has 0 amide bonds. The fraction of sp³-hybridized carbons (Fsp3) is 0.632. The van der Waals surface area contributed by atoms with Crippen LogP contribution in [0, 0.1) is 35.5 Å². The Hall–Kier alpha value is -0.940.